The Labute approximate surface area is 144 Å². The van der Waals surface area contributed by atoms with Crippen molar-refractivity contribution in [1.29, 1.82) is 0 Å². The molecule has 0 saturated carbocycles. The topological polar surface area (TPSA) is 115 Å². The van der Waals surface area contributed by atoms with E-state index in [4.69, 9.17) is 5.73 Å². The average Bonchev–Trinajstić information content (AvgIpc) is 2.95. The van der Waals surface area contributed by atoms with Crippen LogP contribution in [0.1, 0.15) is 12.8 Å². The van der Waals surface area contributed by atoms with Crippen molar-refractivity contribution in [1.82, 2.24) is 19.2 Å². The number of nitrogens with two attached hydrogens (primary N) is 1. The van der Waals surface area contributed by atoms with Gasteiger partial charge in [-0.15, -0.1) is 0 Å². The van der Waals surface area contributed by atoms with Gasteiger partial charge in [0.15, 0.2) is 0 Å². The molecule has 1 atom stereocenters. The van der Waals surface area contributed by atoms with Crippen molar-refractivity contribution in [2.45, 2.75) is 12.8 Å². The van der Waals surface area contributed by atoms with Crippen molar-refractivity contribution < 1.29 is 9.59 Å². The van der Waals surface area contributed by atoms with Crippen LogP contribution in [0.25, 0.3) is 5.69 Å². The van der Waals surface area contributed by atoms with Gasteiger partial charge in [-0.25, -0.2) is 9.59 Å². The molecule has 3 amide bonds. The normalized spacial score (nSPS) is 17.3. The summed E-state index contributed by atoms with van der Waals surface area (Å²) in [7, 11) is 1.62. The second-order valence-electron chi connectivity index (χ2n) is 6.10. The van der Waals surface area contributed by atoms with E-state index >= 15 is 0 Å². The van der Waals surface area contributed by atoms with Crippen molar-refractivity contribution in [3.05, 3.63) is 41.1 Å². The van der Waals surface area contributed by atoms with Gasteiger partial charge in [0.2, 0.25) is 5.91 Å². The van der Waals surface area contributed by atoms with Crippen molar-refractivity contribution in [2.24, 2.45) is 18.7 Å². The Hall–Kier alpha value is -3.10. The number of amides is 3. The zero-order valence-corrected chi connectivity index (χ0v) is 13.9. The minimum absolute atomic E-state index is 0.248. The highest BCUT2D eigenvalue weighted by Gasteiger charge is 2.26. The Morgan fingerprint density at radius 2 is 2.00 bits per heavy atom. The van der Waals surface area contributed by atoms with Gasteiger partial charge in [-0.2, -0.15) is 9.78 Å². The van der Waals surface area contributed by atoms with E-state index in [2.05, 4.69) is 10.4 Å². The number of anilines is 1. The first-order valence-corrected chi connectivity index (χ1v) is 8.02. The van der Waals surface area contributed by atoms with Crippen LogP contribution < -0.4 is 16.7 Å². The number of hydrogen-bond acceptors (Lipinski definition) is 4. The molecular formula is C16H20N6O3. The molecule has 1 aromatic carbocycles. The number of urea groups is 1. The molecule has 0 unspecified atom stereocenters. The monoisotopic (exact) mass is 344 g/mol. The van der Waals surface area contributed by atoms with Gasteiger partial charge in [0.1, 0.15) is 6.33 Å². The van der Waals surface area contributed by atoms with Crippen LogP contribution in [-0.4, -0.2) is 44.3 Å². The lowest BCUT2D eigenvalue weighted by Crippen LogP contribution is -2.45. The van der Waals surface area contributed by atoms with Crippen LogP contribution in [-0.2, 0) is 11.8 Å². The summed E-state index contributed by atoms with van der Waals surface area (Å²) in [4.78, 5) is 37.1. The molecule has 3 rings (SSSR count). The van der Waals surface area contributed by atoms with E-state index in [0.29, 0.717) is 30.9 Å². The zero-order valence-electron chi connectivity index (χ0n) is 13.9. The van der Waals surface area contributed by atoms with E-state index in [1.165, 1.54) is 15.6 Å². The number of nitrogens with one attached hydrogen (secondary N) is 1. The number of aryl methyl sites for hydroxylation is 1. The summed E-state index contributed by atoms with van der Waals surface area (Å²) >= 11 is 0. The standard InChI is InChI=1S/C16H20N6O3/c1-20-10-18-22(16(20)25)13-6-4-12(5-7-13)19-15(24)21-8-2-3-11(9-21)14(17)23/h4-7,10-11H,2-3,8-9H2,1H3,(H2,17,23)(H,19,24)/t11-/m0/s1. The molecule has 1 aliphatic heterocycles. The van der Waals surface area contributed by atoms with E-state index in [0.717, 1.165) is 6.42 Å². The van der Waals surface area contributed by atoms with Gasteiger partial charge in [0.05, 0.1) is 11.6 Å². The Morgan fingerprint density at radius 1 is 1.28 bits per heavy atom. The summed E-state index contributed by atoms with van der Waals surface area (Å²) < 4.78 is 2.65. The number of hydrogen-bond donors (Lipinski definition) is 2. The number of piperidine rings is 1. The molecule has 1 saturated heterocycles. The van der Waals surface area contributed by atoms with Gasteiger partial charge in [-0.3, -0.25) is 9.36 Å². The minimum atomic E-state index is -0.373. The van der Waals surface area contributed by atoms with E-state index in [9.17, 15) is 14.4 Å². The first-order valence-electron chi connectivity index (χ1n) is 8.02. The fourth-order valence-corrected chi connectivity index (χ4v) is 2.84. The van der Waals surface area contributed by atoms with E-state index < -0.39 is 0 Å². The number of aromatic nitrogens is 3. The fraction of sp³-hybridized carbons (Fsp3) is 0.375. The first kappa shape index (κ1) is 16.7. The fourth-order valence-electron chi connectivity index (χ4n) is 2.84. The summed E-state index contributed by atoms with van der Waals surface area (Å²) in [5.41, 5.74) is 6.29. The third-order valence-corrected chi connectivity index (χ3v) is 4.30. The highest BCUT2D eigenvalue weighted by atomic mass is 16.2. The smallest absolute Gasteiger partial charge is 0.350 e. The number of nitrogens with zero attached hydrogens (tertiary/aromatic N) is 4. The minimum Gasteiger partial charge on any atom is -0.369 e. The molecule has 0 aliphatic carbocycles. The van der Waals surface area contributed by atoms with Gasteiger partial charge in [-0.1, -0.05) is 0 Å². The van der Waals surface area contributed by atoms with Crippen molar-refractivity contribution in [2.75, 3.05) is 18.4 Å². The van der Waals surface area contributed by atoms with Crippen molar-refractivity contribution in [3.8, 4) is 5.69 Å². The lowest BCUT2D eigenvalue weighted by Gasteiger charge is -2.31. The highest BCUT2D eigenvalue weighted by molar-refractivity contribution is 5.90. The molecular weight excluding hydrogens is 324 g/mol. The first-order chi connectivity index (χ1) is 12.0. The Balaban J connectivity index is 1.67. The summed E-state index contributed by atoms with van der Waals surface area (Å²) in [6, 6.07) is 6.53. The van der Waals surface area contributed by atoms with Gasteiger partial charge in [-0.05, 0) is 37.1 Å². The van der Waals surface area contributed by atoms with Gasteiger partial charge < -0.3 is 16.0 Å². The molecule has 0 spiro atoms. The van der Waals surface area contributed by atoms with Crippen LogP contribution in [0.3, 0.4) is 0 Å². The molecule has 25 heavy (non-hydrogen) atoms. The SMILES string of the molecule is Cn1cnn(-c2ccc(NC(=O)N3CCC[C@H](C(N)=O)C3)cc2)c1=O. The van der Waals surface area contributed by atoms with Crippen LogP contribution in [0, 0.1) is 5.92 Å². The van der Waals surface area contributed by atoms with Crippen LogP contribution in [0.15, 0.2) is 35.4 Å². The third-order valence-electron chi connectivity index (χ3n) is 4.30. The lowest BCUT2D eigenvalue weighted by atomic mass is 9.98. The second kappa shape index (κ2) is 6.80. The maximum Gasteiger partial charge on any atom is 0.350 e. The van der Waals surface area contributed by atoms with Gasteiger partial charge in [0.25, 0.3) is 0 Å². The second-order valence-corrected chi connectivity index (χ2v) is 6.10. The number of rotatable bonds is 3. The predicted molar refractivity (Wildman–Crippen MR) is 91.3 cm³/mol. The summed E-state index contributed by atoms with van der Waals surface area (Å²) in [6.07, 6.45) is 2.90. The van der Waals surface area contributed by atoms with Gasteiger partial charge >= 0.3 is 11.7 Å². The molecule has 3 N–H and O–H groups in total. The third kappa shape index (κ3) is 3.54. The quantitative estimate of drug-likeness (QED) is 0.833. The maximum atomic E-state index is 12.3. The highest BCUT2D eigenvalue weighted by Crippen LogP contribution is 2.18. The molecule has 2 aromatic rings. The largest absolute Gasteiger partial charge is 0.369 e. The van der Waals surface area contributed by atoms with Crippen molar-refractivity contribution >= 4 is 17.6 Å². The molecule has 0 bridgehead atoms. The van der Waals surface area contributed by atoms with Crippen LogP contribution in [0.5, 0.6) is 0 Å². The number of carbonyl (C=O) groups is 2. The molecule has 1 aromatic heterocycles. The molecule has 1 fully saturated rings. The summed E-state index contributed by atoms with van der Waals surface area (Å²) in [5, 5.41) is 6.79. The lowest BCUT2D eigenvalue weighted by molar-refractivity contribution is -0.123. The predicted octanol–water partition coefficient (Wildman–Crippen LogP) is 0.300. The summed E-state index contributed by atoms with van der Waals surface area (Å²) in [6.45, 7) is 0.930. The molecule has 1 aliphatic rings. The van der Waals surface area contributed by atoms with Crippen LogP contribution >= 0.6 is 0 Å². The average molecular weight is 344 g/mol. The molecule has 9 heteroatoms. The van der Waals surface area contributed by atoms with E-state index in [1.54, 1.807) is 36.2 Å². The number of benzene rings is 1. The Morgan fingerprint density at radius 3 is 2.60 bits per heavy atom. The van der Waals surface area contributed by atoms with E-state index in [1.807, 2.05) is 0 Å². The van der Waals surface area contributed by atoms with Crippen LogP contribution in [0.2, 0.25) is 0 Å². The van der Waals surface area contributed by atoms with Crippen molar-refractivity contribution in [3.63, 3.8) is 0 Å². The number of primary amides is 1. The Kier molecular flexibility index (Phi) is 4.55. The van der Waals surface area contributed by atoms with E-state index in [-0.39, 0.29) is 23.5 Å². The molecule has 2 heterocycles. The number of likely N-dealkylation sites (tertiary alicyclic amines) is 1. The molecule has 0 radical (unpaired) electrons. The molecule has 132 valence electrons. The zero-order chi connectivity index (χ0) is 18.0. The summed E-state index contributed by atoms with van der Waals surface area (Å²) in [5.74, 6) is -0.666. The number of carbonyl (C=O) groups excluding carboxylic acids is 2. The Bertz CT molecular complexity index is 838. The maximum absolute atomic E-state index is 12.3. The van der Waals surface area contributed by atoms with Gasteiger partial charge in [0, 0.05) is 25.8 Å². The molecule has 9 nitrogen and oxygen atoms in total. The van der Waals surface area contributed by atoms with Crippen LogP contribution in [0.4, 0.5) is 10.5 Å².